The normalized spacial score (nSPS) is 10.2. The molecular formula is C13H15ClN2O3. The van der Waals surface area contributed by atoms with Gasteiger partial charge in [-0.15, -0.1) is 0 Å². The van der Waals surface area contributed by atoms with Gasteiger partial charge in [-0.25, -0.2) is 4.79 Å². The van der Waals surface area contributed by atoms with E-state index in [1.165, 1.54) is 13.3 Å². The molecule has 0 aliphatic carbocycles. The number of carbonyl (C=O) groups is 2. The smallest absolute Gasteiger partial charge is 0.318 e. The number of methoxy groups -OCH3 is 1. The molecule has 0 fully saturated rings. The van der Waals surface area contributed by atoms with Crippen molar-refractivity contribution in [3.8, 4) is 0 Å². The Labute approximate surface area is 116 Å². The van der Waals surface area contributed by atoms with E-state index < -0.39 is 6.03 Å². The number of halogens is 1. The number of urea groups is 1. The standard InChI is InChI=1S/C13H15ClN2O3/c1-19-12(17)7-9-16-13(18)15-8-6-10-4-2-3-5-11(10)14/h2-6,8H,7,9H2,1H3,(H2,15,16,18)/b8-6+. The number of rotatable bonds is 5. The van der Waals surface area contributed by atoms with Crippen molar-refractivity contribution in [2.45, 2.75) is 6.42 Å². The predicted octanol–water partition coefficient (Wildman–Crippen LogP) is 2.17. The maximum atomic E-state index is 11.3. The SMILES string of the molecule is COC(=O)CCNC(=O)N/C=C/c1ccccc1Cl. The van der Waals surface area contributed by atoms with Crippen LogP contribution in [0.4, 0.5) is 4.79 Å². The van der Waals surface area contributed by atoms with Crippen LogP contribution in [0.5, 0.6) is 0 Å². The maximum absolute atomic E-state index is 11.3. The molecule has 19 heavy (non-hydrogen) atoms. The fourth-order valence-corrected chi connectivity index (χ4v) is 1.45. The van der Waals surface area contributed by atoms with Crippen molar-refractivity contribution in [2.24, 2.45) is 0 Å². The molecule has 1 aromatic carbocycles. The van der Waals surface area contributed by atoms with Crippen LogP contribution in [0.25, 0.3) is 6.08 Å². The third-order valence-electron chi connectivity index (χ3n) is 2.22. The summed E-state index contributed by atoms with van der Waals surface area (Å²) >= 11 is 5.94. The first kappa shape index (κ1) is 15.0. The zero-order chi connectivity index (χ0) is 14.1. The van der Waals surface area contributed by atoms with E-state index in [1.54, 1.807) is 12.1 Å². The summed E-state index contributed by atoms with van der Waals surface area (Å²) in [5.74, 6) is -0.369. The highest BCUT2D eigenvalue weighted by Crippen LogP contribution is 2.15. The minimum absolute atomic E-state index is 0.137. The zero-order valence-corrected chi connectivity index (χ0v) is 11.2. The highest BCUT2D eigenvalue weighted by atomic mass is 35.5. The summed E-state index contributed by atoms with van der Waals surface area (Å²) in [6.45, 7) is 0.221. The molecule has 0 aromatic heterocycles. The van der Waals surface area contributed by atoms with E-state index in [0.717, 1.165) is 5.56 Å². The van der Waals surface area contributed by atoms with Crippen LogP contribution in [0.2, 0.25) is 5.02 Å². The first-order chi connectivity index (χ1) is 9.13. The molecule has 0 heterocycles. The Morgan fingerprint density at radius 1 is 1.37 bits per heavy atom. The Morgan fingerprint density at radius 3 is 2.79 bits per heavy atom. The van der Waals surface area contributed by atoms with E-state index in [-0.39, 0.29) is 18.9 Å². The van der Waals surface area contributed by atoms with Crippen LogP contribution in [0, 0.1) is 0 Å². The number of nitrogens with one attached hydrogen (secondary N) is 2. The van der Waals surface area contributed by atoms with E-state index in [4.69, 9.17) is 11.6 Å². The monoisotopic (exact) mass is 282 g/mol. The number of hydrogen-bond donors (Lipinski definition) is 2. The number of amides is 2. The first-order valence-electron chi connectivity index (χ1n) is 5.65. The summed E-state index contributed by atoms with van der Waals surface area (Å²) < 4.78 is 4.44. The third kappa shape index (κ3) is 5.92. The average Bonchev–Trinajstić information content (AvgIpc) is 2.40. The number of benzene rings is 1. The van der Waals surface area contributed by atoms with Gasteiger partial charge in [0, 0.05) is 17.8 Å². The fraction of sp³-hybridized carbons (Fsp3) is 0.231. The number of hydrogen-bond acceptors (Lipinski definition) is 3. The van der Waals surface area contributed by atoms with Crippen LogP contribution in [-0.4, -0.2) is 25.7 Å². The van der Waals surface area contributed by atoms with Crippen molar-refractivity contribution < 1.29 is 14.3 Å². The van der Waals surface area contributed by atoms with Gasteiger partial charge in [0.1, 0.15) is 0 Å². The van der Waals surface area contributed by atoms with E-state index in [9.17, 15) is 9.59 Å². The Balaban J connectivity index is 2.30. The number of esters is 1. The molecule has 5 nitrogen and oxygen atoms in total. The van der Waals surface area contributed by atoms with Crippen LogP contribution in [-0.2, 0) is 9.53 Å². The van der Waals surface area contributed by atoms with Gasteiger partial charge in [-0.1, -0.05) is 29.8 Å². The second-order valence-electron chi connectivity index (χ2n) is 3.58. The topological polar surface area (TPSA) is 67.4 Å². The second kappa shape index (κ2) is 8.16. The lowest BCUT2D eigenvalue weighted by atomic mass is 10.2. The Bertz CT molecular complexity index is 475. The van der Waals surface area contributed by atoms with Crippen LogP contribution < -0.4 is 10.6 Å². The minimum Gasteiger partial charge on any atom is -0.469 e. The van der Waals surface area contributed by atoms with Gasteiger partial charge in [0.25, 0.3) is 0 Å². The molecule has 1 rings (SSSR count). The van der Waals surface area contributed by atoms with E-state index in [1.807, 2.05) is 18.2 Å². The summed E-state index contributed by atoms with van der Waals surface area (Å²) in [5.41, 5.74) is 0.805. The maximum Gasteiger partial charge on any atom is 0.318 e. The van der Waals surface area contributed by atoms with E-state index >= 15 is 0 Å². The number of ether oxygens (including phenoxy) is 1. The molecule has 0 radical (unpaired) electrons. The molecule has 0 saturated heterocycles. The highest BCUT2D eigenvalue weighted by molar-refractivity contribution is 6.32. The van der Waals surface area contributed by atoms with Crippen LogP contribution in [0.3, 0.4) is 0 Å². The molecule has 102 valence electrons. The predicted molar refractivity (Wildman–Crippen MR) is 73.7 cm³/mol. The quantitative estimate of drug-likeness (QED) is 0.814. The van der Waals surface area contributed by atoms with Gasteiger partial charge >= 0.3 is 12.0 Å². The summed E-state index contributed by atoms with van der Waals surface area (Å²) in [7, 11) is 1.30. The van der Waals surface area contributed by atoms with Gasteiger partial charge in [0.05, 0.1) is 13.5 Å². The van der Waals surface area contributed by atoms with Crippen molar-refractivity contribution in [3.63, 3.8) is 0 Å². The van der Waals surface area contributed by atoms with Gasteiger partial charge in [0.2, 0.25) is 0 Å². The first-order valence-corrected chi connectivity index (χ1v) is 6.03. The minimum atomic E-state index is -0.396. The van der Waals surface area contributed by atoms with Crippen LogP contribution in [0.1, 0.15) is 12.0 Å². The van der Waals surface area contributed by atoms with Crippen LogP contribution >= 0.6 is 11.6 Å². The summed E-state index contributed by atoms with van der Waals surface area (Å²) in [6, 6.07) is 6.87. The molecule has 2 N–H and O–H groups in total. The van der Waals surface area contributed by atoms with Crippen molar-refractivity contribution in [1.82, 2.24) is 10.6 Å². The van der Waals surface area contributed by atoms with E-state index in [0.29, 0.717) is 5.02 Å². The molecule has 0 unspecified atom stereocenters. The Morgan fingerprint density at radius 2 is 2.11 bits per heavy atom. The van der Waals surface area contributed by atoms with Gasteiger partial charge < -0.3 is 15.4 Å². The molecule has 0 spiro atoms. The molecule has 0 saturated carbocycles. The summed E-state index contributed by atoms with van der Waals surface area (Å²) in [6.07, 6.45) is 3.30. The molecule has 0 aliphatic rings. The lowest BCUT2D eigenvalue weighted by molar-refractivity contribution is -0.140. The molecule has 1 aromatic rings. The summed E-state index contributed by atoms with van der Waals surface area (Å²) in [4.78, 5) is 22.1. The zero-order valence-electron chi connectivity index (χ0n) is 10.5. The largest absolute Gasteiger partial charge is 0.469 e. The van der Waals surface area contributed by atoms with Gasteiger partial charge in [-0.05, 0) is 17.7 Å². The van der Waals surface area contributed by atoms with Gasteiger partial charge in [-0.3, -0.25) is 4.79 Å². The van der Waals surface area contributed by atoms with Crippen LogP contribution in [0.15, 0.2) is 30.5 Å². The second-order valence-corrected chi connectivity index (χ2v) is 3.99. The van der Waals surface area contributed by atoms with Crippen molar-refractivity contribution in [3.05, 3.63) is 41.1 Å². The molecular weight excluding hydrogens is 268 g/mol. The third-order valence-corrected chi connectivity index (χ3v) is 2.57. The average molecular weight is 283 g/mol. The van der Waals surface area contributed by atoms with Crippen molar-refractivity contribution >= 4 is 29.7 Å². The summed E-state index contributed by atoms with van der Waals surface area (Å²) in [5, 5.41) is 5.63. The van der Waals surface area contributed by atoms with Gasteiger partial charge in [0.15, 0.2) is 0 Å². The fourth-order valence-electron chi connectivity index (χ4n) is 1.25. The molecule has 6 heteroatoms. The Hall–Kier alpha value is -2.01. The Kier molecular flexibility index (Phi) is 6.46. The van der Waals surface area contributed by atoms with E-state index in [2.05, 4.69) is 15.4 Å². The lowest BCUT2D eigenvalue weighted by Crippen LogP contribution is -2.33. The highest BCUT2D eigenvalue weighted by Gasteiger charge is 2.01. The molecule has 0 bridgehead atoms. The molecule has 0 aliphatic heterocycles. The molecule has 2 amide bonds. The van der Waals surface area contributed by atoms with Gasteiger partial charge in [-0.2, -0.15) is 0 Å². The van der Waals surface area contributed by atoms with Crippen molar-refractivity contribution in [1.29, 1.82) is 0 Å². The number of carbonyl (C=O) groups excluding carboxylic acids is 2. The lowest BCUT2D eigenvalue weighted by Gasteiger charge is -2.03. The molecule has 0 atom stereocenters. The van der Waals surface area contributed by atoms with Crippen molar-refractivity contribution in [2.75, 3.05) is 13.7 Å².